The van der Waals surface area contributed by atoms with Gasteiger partial charge in [-0.05, 0) is 13.3 Å². The molecule has 0 saturated carbocycles. The Balaban J connectivity index is 3.11. The van der Waals surface area contributed by atoms with E-state index in [4.69, 9.17) is 14.3 Å². The highest BCUT2D eigenvalue weighted by atomic mass is 16.5. The van der Waals surface area contributed by atoms with Crippen LogP contribution in [0.4, 0.5) is 0 Å². The molecule has 1 aromatic heterocycles. The van der Waals surface area contributed by atoms with Gasteiger partial charge in [0.05, 0.1) is 12.7 Å². The van der Waals surface area contributed by atoms with Crippen LogP contribution in [0.25, 0.3) is 0 Å². The Morgan fingerprint density at radius 3 is 2.80 bits per heavy atom. The highest BCUT2D eigenvalue weighted by Gasteiger charge is 2.13. The van der Waals surface area contributed by atoms with Crippen molar-refractivity contribution in [1.82, 2.24) is 0 Å². The van der Waals surface area contributed by atoms with Crippen molar-refractivity contribution in [3.05, 3.63) is 27.8 Å². The van der Waals surface area contributed by atoms with Gasteiger partial charge >= 0.3 is 5.63 Å². The number of ether oxygens (including phenoxy) is 1. The first kappa shape index (κ1) is 11.8. The fourth-order valence-electron chi connectivity index (χ4n) is 1.34. The number of methoxy groups -OCH3 is 1. The molecule has 0 fully saturated rings. The number of aliphatic hydroxyl groups excluding tert-OH is 1. The lowest BCUT2D eigenvalue weighted by molar-refractivity contribution is 0.268. The summed E-state index contributed by atoms with van der Waals surface area (Å²) in [6.07, 6.45) is 0.565. The highest BCUT2D eigenvalue weighted by molar-refractivity contribution is 5.31. The predicted molar refractivity (Wildman–Crippen MR) is 56.4 cm³/mol. The number of aliphatic hydroxyl groups is 1. The van der Waals surface area contributed by atoms with Crippen LogP contribution in [-0.4, -0.2) is 18.8 Å². The Morgan fingerprint density at radius 1 is 1.60 bits per heavy atom. The summed E-state index contributed by atoms with van der Waals surface area (Å²) in [5, 5.41) is 8.80. The van der Waals surface area contributed by atoms with Crippen LogP contribution in [0.15, 0.2) is 15.3 Å². The summed E-state index contributed by atoms with van der Waals surface area (Å²) in [6.45, 7) is 3.62. The standard InChI is InChI=1S/C11H16O4/c1-7(4-5-12)9-6-10(14-3)8(2)11(13)15-9/h6-7,12H,4-5H2,1-3H3/t7-/m1/s1. The quantitative estimate of drug-likeness (QED) is 0.820. The van der Waals surface area contributed by atoms with Crippen LogP contribution >= 0.6 is 0 Å². The minimum Gasteiger partial charge on any atom is -0.496 e. The van der Waals surface area contributed by atoms with Gasteiger partial charge in [0, 0.05) is 18.6 Å². The van der Waals surface area contributed by atoms with Crippen LogP contribution in [0.1, 0.15) is 30.6 Å². The molecule has 4 heteroatoms. The van der Waals surface area contributed by atoms with Crippen LogP contribution in [-0.2, 0) is 0 Å². The molecular formula is C11H16O4. The normalized spacial score (nSPS) is 12.5. The molecule has 0 aliphatic heterocycles. The van der Waals surface area contributed by atoms with Crippen molar-refractivity contribution in [2.24, 2.45) is 0 Å². The highest BCUT2D eigenvalue weighted by Crippen LogP contribution is 2.23. The van der Waals surface area contributed by atoms with Crippen LogP contribution in [0.5, 0.6) is 5.75 Å². The molecule has 15 heavy (non-hydrogen) atoms. The van der Waals surface area contributed by atoms with E-state index >= 15 is 0 Å². The van der Waals surface area contributed by atoms with Gasteiger partial charge in [-0.2, -0.15) is 0 Å². The number of hydrogen-bond donors (Lipinski definition) is 1. The van der Waals surface area contributed by atoms with Crippen LogP contribution < -0.4 is 10.4 Å². The summed E-state index contributed by atoms with van der Waals surface area (Å²) in [5.74, 6) is 1.10. The van der Waals surface area contributed by atoms with E-state index in [1.54, 1.807) is 13.0 Å². The maximum Gasteiger partial charge on any atom is 0.342 e. The van der Waals surface area contributed by atoms with Crippen LogP contribution in [0.3, 0.4) is 0 Å². The number of hydrogen-bond acceptors (Lipinski definition) is 4. The van der Waals surface area contributed by atoms with Crippen molar-refractivity contribution in [2.45, 2.75) is 26.2 Å². The summed E-state index contributed by atoms with van der Waals surface area (Å²) in [6, 6.07) is 1.71. The summed E-state index contributed by atoms with van der Waals surface area (Å²) in [4.78, 5) is 11.4. The van der Waals surface area contributed by atoms with Crippen molar-refractivity contribution < 1.29 is 14.3 Å². The zero-order valence-corrected chi connectivity index (χ0v) is 9.24. The maximum atomic E-state index is 11.4. The van der Waals surface area contributed by atoms with Gasteiger partial charge in [0.2, 0.25) is 0 Å². The third kappa shape index (κ3) is 2.59. The second-order valence-corrected chi connectivity index (χ2v) is 3.54. The molecule has 0 amide bonds. The fourth-order valence-corrected chi connectivity index (χ4v) is 1.34. The predicted octanol–water partition coefficient (Wildman–Crippen LogP) is 1.44. The molecule has 0 unspecified atom stereocenters. The van der Waals surface area contributed by atoms with Gasteiger partial charge in [-0.1, -0.05) is 6.92 Å². The van der Waals surface area contributed by atoms with Crippen molar-refractivity contribution in [3.8, 4) is 5.75 Å². The summed E-state index contributed by atoms with van der Waals surface area (Å²) in [7, 11) is 1.52. The van der Waals surface area contributed by atoms with Gasteiger partial charge in [-0.15, -0.1) is 0 Å². The van der Waals surface area contributed by atoms with E-state index in [2.05, 4.69) is 0 Å². The number of rotatable bonds is 4. The van der Waals surface area contributed by atoms with Gasteiger partial charge in [0.15, 0.2) is 0 Å². The largest absolute Gasteiger partial charge is 0.496 e. The molecule has 1 N–H and O–H groups in total. The molecule has 0 aliphatic carbocycles. The van der Waals surface area contributed by atoms with Crippen molar-refractivity contribution in [3.63, 3.8) is 0 Å². The molecule has 1 aromatic rings. The minimum atomic E-state index is -0.380. The molecule has 1 rings (SSSR count). The maximum absolute atomic E-state index is 11.4. The fraction of sp³-hybridized carbons (Fsp3) is 0.545. The molecule has 1 atom stereocenters. The summed E-state index contributed by atoms with van der Waals surface area (Å²) < 4.78 is 10.2. The average molecular weight is 212 g/mol. The third-order valence-electron chi connectivity index (χ3n) is 2.43. The molecule has 0 aliphatic rings. The van der Waals surface area contributed by atoms with Gasteiger partial charge in [0.1, 0.15) is 11.5 Å². The molecule has 0 saturated heterocycles. The first-order valence-corrected chi connectivity index (χ1v) is 4.89. The van der Waals surface area contributed by atoms with E-state index in [1.807, 2.05) is 6.92 Å². The lowest BCUT2D eigenvalue weighted by Crippen LogP contribution is -2.09. The van der Waals surface area contributed by atoms with Crippen molar-refractivity contribution in [1.29, 1.82) is 0 Å². The molecule has 0 bridgehead atoms. The molecule has 0 aromatic carbocycles. The second kappa shape index (κ2) is 4.98. The first-order valence-electron chi connectivity index (χ1n) is 4.89. The van der Waals surface area contributed by atoms with E-state index in [-0.39, 0.29) is 18.2 Å². The Bertz CT molecular complexity index is 381. The minimum absolute atomic E-state index is 0.0113. The van der Waals surface area contributed by atoms with Crippen LogP contribution in [0, 0.1) is 6.92 Å². The topological polar surface area (TPSA) is 59.7 Å². The first-order chi connectivity index (χ1) is 7.10. The molecular weight excluding hydrogens is 196 g/mol. The monoisotopic (exact) mass is 212 g/mol. The smallest absolute Gasteiger partial charge is 0.342 e. The Morgan fingerprint density at radius 2 is 2.27 bits per heavy atom. The molecule has 1 heterocycles. The van der Waals surface area contributed by atoms with Gasteiger partial charge in [-0.25, -0.2) is 4.79 Å². The van der Waals surface area contributed by atoms with E-state index < -0.39 is 0 Å². The van der Waals surface area contributed by atoms with Gasteiger partial charge in [-0.3, -0.25) is 0 Å². The second-order valence-electron chi connectivity index (χ2n) is 3.54. The molecule has 84 valence electrons. The average Bonchev–Trinajstić information content (AvgIpc) is 2.22. The molecule has 0 radical (unpaired) electrons. The Kier molecular flexibility index (Phi) is 3.91. The lowest BCUT2D eigenvalue weighted by Gasteiger charge is -2.10. The van der Waals surface area contributed by atoms with E-state index in [0.29, 0.717) is 23.5 Å². The summed E-state index contributed by atoms with van der Waals surface area (Å²) >= 11 is 0. The van der Waals surface area contributed by atoms with E-state index in [0.717, 1.165) is 0 Å². The Hall–Kier alpha value is -1.29. The molecule has 0 spiro atoms. The van der Waals surface area contributed by atoms with Gasteiger partial charge in [0.25, 0.3) is 0 Å². The third-order valence-corrected chi connectivity index (χ3v) is 2.43. The zero-order valence-electron chi connectivity index (χ0n) is 9.24. The lowest BCUT2D eigenvalue weighted by atomic mass is 10.0. The SMILES string of the molecule is COc1cc([C@H](C)CCO)oc(=O)c1C. The van der Waals surface area contributed by atoms with E-state index in [1.165, 1.54) is 7.11 Å². The Labute approximate surface area is 88.5 Å². The van der Waals surface area contributed by atoms with Gasteiger partial charge < -0.3 is 14.3 Å². The summed E-state index contributed by atoms with van der Waals surface area (Å²) in [5.41, 5.74) is 0.0894. The molecule has 4 nitrogen and oxygen atoms in total. The van der Waals surface area contributed by atoms with Crippen LogP contribution in [0.2, 0.25) is 0 Å². The zero-order chi connectivity index (χ0) is 11.4. The van der Waals surface area contributed by atoms with Crippen molar-refractivity contribution in [2.75, 3.05) is 13.7 Å². The van der Waals surface area contributed by atoms with Crippen molar-refractivity contribution >= 4 is 0 Å². The van der Waals surface area contributed by atoms with E-state index in [9.17, 15) is 4.79 Å².